The van der Waals surface area contributed by atoms with E-state index in [1.807, 2.05) is 6.07 Å². The van der Waals surface area contributed by atoms with Gasteiger partial charge in [0.05, 0.1) is 21.8 Å². The molecule has 4 rings (SSSR count). The minimum absolute atomic E-state index is 0.201. The maximum Gasteiger partial charge on any atom is 0.266 e. The van der Waals surface area contributed by atoms with Crippen LogP contribution in [0.15, 0.2) is 52.4 Å². The van der Waals surface area contributed by atoms with Crippen molar-refractivity contribution in [1.29, 1.82) is 0 Å². The van der Waals surface area contributed by atoms with Crippen molar-refractivity contribution in [1.82, 2.24) is 9.55 Å². The Kier molecular flexibility index (Phi) is 5.31. The van der Waals surface area contributed by atoms with Crippen LogP contribution >= 0.6 is 11.8 Å². The van der Waals surface area contributed by atoms with E-state index in [2.05, 4.69) is 4.98 Å². The third-order valence-corrected chi connectivity index (χ3v) is 6.42. The molecule has 0 aliphatic heterocycles. The zero-order valence-electron chi connectivity index (χ0n) is 15.7. The fraction of sp³-hybridized carbons (Fsp3) is 0.318. The fourth-order valence-corrected chi connectivity index (χ4v) is 4.75. The lowest BCUT2D eigenvalue weighted by Crippen LogP contribution is -2.24. The first-order valence-corrected chi connectivity index (χ1v) is 10.4. The van der Waals surface area contributed by atoms with Crippen molar-refractivity contribution >= 4 is 28.4 Å². The van der Waals surface area contributed by atoms with Crippen LogP contribution in [0.2, 0.25) is 0 Å². The molecule has 144 valence electrons. The highest BCUT2D eigenvalue weighted by Gasteiger charge is 2.25. The predicted molar refractivity (Wildman–Crippen MR) is 110 cm³/mol. The Balaban J connectivity index is 1.89. The summed E-state index contributed by atoms with van der Waals surface area (Å²) in [5, 5.41) is 0.685. The summed E-state index contributed by atoms with van der Waals surface area (Å²) in [6, 6.07) is 11.8. The number of halogens is 1. The molecule has 0 N–H and O–H groups in total. The minimum Gasteiger partial charge on any atom is -0.298 e. The Morgan fingerprint density at radius 1 is 1.11 bits per heavy atom. The number of benzene rings is 2. The molecular formula is C22H21FN2O2S. The van der Waals surface area contributed by atoms with Crippen molar-refractivity contribution in [2.45, 2.75) is 49.4 Å². The molecule has 28 heavy (non-hydrogen) atoms. The van der Waals surface area contributed by atoms with E-state index in [0.717, 1.165) is 25.7 Å². The van der Waals surface area contributed by atoms with Gasteiger partial charge in [-0.25, -0.2) is 9.37 Å². The maximum atomic E-state index is 14.2. The van der Waals surface area contributed by atoms with Crippen LogP contribution in [0.4, 0.5) is 4.39 Å². The molecule has 1 fully saturated rings. The summed E-state index contributed by atoms with van der Waals surface area (Å²) in [4.78, 5) is 30.4. The van der Waals surface area contributed by atoms with Crippen LogP contribution in [0.25, 0.3) is 16.6 Å². The number of hydrogen-bond acceptors (Lipinski definition) is 4. The van der Waals surface area contributed by atoms with Crippen LogP contribution in [0.1, 0.15) is 37.7 Å². The molecule has 1 aromatic heterocycles. The summed E-state index contributed by atoms with van der Waals surface area (Å²) in [5.74, 6) is -0.175. The average Bonchev–Trinajstić information content (AvgIpc) is 2.89. The molecule has 0 radical (unpaired) electrons. The SMILES string of the molecule is Cc1ccc(-n2c(S[C@H]3CCCCCC3=O)nc3ccccc3c2=O)cc1F. The van der Waals surface area contributed by atoms with Gasteiger partial charge >= 0.3 is 0 Å². The summed E-state index contributed by atoms with van der Waals surface area (Å²) in [6.07, 6.45) is 4.28. The van der Waals surface area contributed by atoms with Crippen molar-refractivity contribution in [3.63, 3.8) is 0 Å². The largest absolute Gasteiger partial charge is 0.298 e. The second kappa shape index (κ2) is 7.87. The molecule has 1 heterocycles. The van der Waals surface area contributed by atoms with E-state index in [1.165, 1.54) is 22.4 Å². The first-order valence-electron chi connectivity index (χ1n) is 9.52. The fourth-order valence-electron chi connectivity index (χ4n) is 3.52. The number of aryl methyl sites for hydroxylation is 1. The number of ketones is 1. The average molecular weight is 396 g/mol. The predicted octanol–water partition coefficient (Wildman–Crippen LogP) is 4.83. The number of carbonyl (C=O) groups is 1. The summed E-state index contributed by atoms with van der Waals surface area (Å²) >= 11 is 1.33. The van der Waals surface area contributed by atoms with Crippen molar-refractivity contribution in [2.24, 2.45) is 0 Å². The van der Waals surface area contributed by atoms with Crippen LogP contribution in [0.5, 0.6) is 0 Å². The van der Waals surface area contributed by atoms with Gasteiger partial charge in [0.25, 0.3) is 5.56 Å². The molecule has 3 aromatic rings. The van der Waals surface area contributed by atoms with Gasteiger partial charge in [-0.3, -0.25) is 14.2 Å². The van der Waals surface area contributed by atoms with Crippen LogP contribution in [0, 0.1) is 12.7 Å². The molecule has 1 atom stereocenters. The highest BCUT2D eigenvalue weighted by atomic mass is 32.2. The molecular weight excluding hydrogens is 375 g/mol. The second-order valence-corrected chi connectivity index (χ2v) is 8.33. The number of Topliss-reactive ketones (excluding diaryl/α,β-unsaturated/α-hetero) is 1. The zero-order valence-corrected chi connectivity index (χ0v) is 16.5. The number of aromatic nitrogens is 2. The molecule has 1 saturated carbocycles. The van der Waals surface area contributed by atoms with Gasteiger partial charge in [-0.15, -0.1) is 0 Å². The van der Waals surface area contributed by atoms with E-state index in [4.69, 9.17) is 0 Å². The van der Waals surface area contributed by atoms with Crippen LogP contribution in [-0.4, -0.2) is 20.6 Å². The van der Waals surface area contributed by atoms with Gasteiger partial charge in [0.2, 0.25) is 0 Å². The van der Waals surface area contributed by atoms with Gasteiger partial charge in [-0.05, 0) is 49.6 Å². The molecule has 1 aliphatic carbocycles. The number of rotatable bonds is 3. The Bertz CT molecular complexity index is 1110. The van der Waals surface area contributed by atoms with Crippen LogP contribution in [-0.2, 0) is 4.79 Å². The molecule has 0 amide bonds. The number of carbonyl (C=O) groups excluding carboxylic acids is 1. The quantitative estimate of drug-likeness (QED) is 0.470. The Hall–Kier alpha value is -2.47. The Morgan fingerprint density at radius 2 is 1.93 bits per heavy atom. The zero-order chi connectivity index (χ0) is 19.7. The van der Waals surface area contributed by atoms with E-state index in [1.54, 1.807) is 37.3 Å². The van der Waals surface area contributed by atoms with E-state index < -0.39 is 0 Å². The first-order chi connectivity index (χ1) is 13.5. The van der Waals surface area contributed by atoms with Crippen molar-refractivity contribution in [3.05, 3.63) is 64.2 Å². The second-order valence-electron chi connectivity index (χ2n) is 7.16. The number of hydrogen-bond donors (Lipinski definition) is 0. The lowest BCUT2D eigenvalue weighted by molar-refractivity contribution is -0.118. The molecule has 4 nitrogen and oxygen atoms in total. The highest BCUT2D eigenvalue weighted by Crippen LogP contribution is 2.31. The van der Waals surface area contributed by atoms with E-state index in [9.17, 15) is 14.0 Å². The van der Waals surface area contributed by atoms with Crippen LogP contribution in [0.3, 0.4) is 0 Å². The Labute approximate surface area is 166 Å². The van der Waals surface area contributed by atoms with E-state index in [0.29, 0.717) is 33.7 Å². The molecule has 0 unspecified atom stereocenters. The number of para-hydroxylation sites is 1. The van der Waals surface area contributed by atoms with Gasteiger partial charge in [0.1, 0.15) is 11.6 Å². The van der Waals surface area contributed by atoms with Gasteiger partial charge in [-0.2, -0.15) is 0 Å². The van der Waals surface area contributed by atoms with Crippen LogP contribution < -0.4 is 5.56 Å². The number of nitrogens with zero attached hydrogens (tertiary/aromatic N) is 2. The smallest absolute Gasteiger partial charge is 0.266 e. The Morgan fingerprint density at radius 3 is 2.75 bits per heavy atom. The molecule has 0 bridgehead atoms. The standard InChI is InChI=1S/C22H21FN2O2S/c1-14-11-12-15(13-17(14)23)25-21(27)16-7-5-6-8-18(16)24-22(25)28-20-10-4-2-3-9-19(20)26/h5-8,11-13,20H,2-4,9-10H2,1H3/t20-/m0/s1. The number of thioether (sulfide) groups is 1. The molecule has 2 aromatic carbocycles. The molecule has 0 saturated heterocycles. The van der Waals surface area contributed by atoms with Crippen molar-refractivity contribution in [2.75, 3.05) is 0 Å². The monoisotopic (exact) mass is 396 g/mol. The lowest BCUT2D eigenvalue weighted by Gasteiger charge is -2.17. The van der Waals surface area contributed by atoms with Gasteiger partial charge < -0.3 is 0 Å². The highest BCUT2D eigenvalue weighted by molar-refractivity contribution is 8.00. The van der Waals surface area contributed by atoms with E-state index >= 15 is 0 Å². The minimum atomic E-state index is -0.376. The third kappa shape index (κ3) is 3.61. The molecule has 1 aliphatic rings. The maximum absolute atomic E-state index is 14.2. The van der Waals surface area contributed by atoms with Gasteiger partial charge in [-0.1, -0.05) is 42.8 Å². The van der Waals surface area contributed by atoms with E-state index in [-0.39, 0.29) is 22.4 Å². The summed E-state index contributed by atoms with van der Waals surface area (Å²) in [5.41, 5.74) is 1.27. The summed E-state index contributed by atoms with van der Waals surface area (Å²) in [6.45, 7) is 1.68. The van der Waals surface area contributed by atoms with Gasteiger partial charge in [0, 0.05) is 6.42 Å². The number of fused-ring (bicyclic) bond motifs is 1. The summed E-state index contributed by atoms with van der Waals surface area (Å²) in [7, 11) is 0. The first kappa shape index (κ1) is 18.9. The lowest BCUT2D eigenvalue weighted by atomic mass is 10.2. The normalized spacial score (nSPS) is 17.6. The molecule has 6 heteroatoms. The summed E-state index contributed by atoms with van der Waals surface area (Å²) < 4.78 is 15.7. The molecule has 0 spiro atoms. The van der Waals surface area contributed by atoms with Crippen molar-refractivity contribution in [3.8, 4) is 5.69 Å². The third-order valence-electron chi connectivity index (χ3n) is 5.15. The van der Waals surface area contributed by atoms with Gasteiger partial charge in [0.15, 0.2) is 5.16 Å². The van der Waals surface area contributed by atoms with Crippen molar-refractivity contribution < 1.29 is 9.18 Å². The topological polar surface area (TPSA) is 52.0 Å².